The molecule has 2 aromatic rings. The maximum atomic E-state index is 12.6. The molecule has 1 amide bonds. The van der Waals surface area contributed by atoms with Crippen molar-refractivity contribution in [3.63, 3.8) is 0 Å². The first-order valence-electron chi connectivity index (χ1n) is 7.43. The predicted molar refractivity (Wildman–Crippen MR) is 99.9 cm³/mol. The molecule has 11 heteroatoms. The first-order valence-corrected chi connectivity index (χ1v) is 9.25. The second-order valence-electron chi connectivity index (χ2n) is 5.52. The first-order chi connectivity index (χ1) is 12.6. The molecule has 0 saturated heterocycles. The Bertz CT molecular complexity index is 1010. The van der Waals surface area contributed by atoms with E-state index in [2.05, 4.69) is 5.32 Å². The van der Waals surface area contributed by atoms with Crippen molar-refractivity contribution in [2.24, 2.45) is 0 Å². The lowest BCUT2D eigenvalue weighted by Crippen LogP contribution is -2.22. The largest absolute Gasteiger partial charge is 0.495 e. The Morgan fingerprint density at radius 1 is 1.22 bits per heavy atom. The summed E-state index contributed by atoms with van der Waals surface area (Å²) in [6, 6.07) is 7.47. The molecular weight excluding hydrogens is 398 g/mol. The van der Waals surface area contributed by atoms with E-state index in [4.69, 9.17) is 16.3 Å². The molecule has 0 heterocycles. The zero-order valence-corrected chi connectivity index (χ0v) is 16.2. The molecule has 2 aromatic carbocycles. The molecule has 0 aliphatic heterocycles. The van der Waals surface area contributed by atoms with Gasteiger partial charge in [-0.05, 0) is 30.3 Å². The van der Waals surface area contributed by atoms with E-state index in [1.54, 1.807) is 0 Å². The number of benzene rings is 2. The lowest BCUT2D eigenvalue weighted by molar-refractivity contribution is -0.385. The molecule has 0 aliphatic rings. The van der Waals surface area contributed by atoms with E-state index >= 15 is 0 Å². The third kappa shape index (κ3) is 4.35. The fourth-order valence-corrected chi connectivity index (χ4v) is 3.30. The highest BCUT2D eigenvalue weighted by Crippen LogP contribution is 2.30. The number of anilines is 1. The minimum atomic E-state index is -3.76. The van der Waals surface area contributed by atoms with Crippen LogP contribution in [0.4, 0.5) is 11.4 Å². The van der Waals surface area contributed by atoms with Gasteiger partial charge in [-0.3, -0.25) is 14.9 Å². The van der Waals surface area contributed by atoms with Crippen LogP contribution in [0.1, 0.15) is 10.4 Å². The summed E-state index contributed by atoms with van der Waals surface area (Å²) < 4.78 is 30.7. The number of hydrogen-bond donors (Lipinski definition) is 1. The van der Waals surface area contributed by atoms with E-state index < -0.39 is 26.5 Å². The molecule has 0 aliphatic carbocycles. The van der Waals surface area contributed by atoms with E-state index in [1.807, 2.05) is 0 Å². The Kier molecular flexibility index (Phi) is 6.04. The zero-order valence-electron chi connectivity index (χ0n) is 14.6. The molecule has 0 bridgehead atoms. The smallest absolute Gasteiger partial charge is 0.282 e. The fourth-order valence-electron chi connectivity index (χ4n) is 2.20. The summed E-state index contributed by atoms with van der Waals surface area (Å²) in [5.41, 5.74) is -0.664. The highest BCUT2D eigenvalue weighted by atomic mass is 35.5. The van der Waals surface area contributed by atoms with Crippen LogP contribution in [0, 0.1) is 10.1 Å². The minimum Gasteiger partial charge on any atom is -0.495 e. The molecule has 0 saturated carbocycles. The van der Waals surface area contributed by atoms with Crippen molar-refractivity contribution in [2.45, 2.75) is 4.90 Å². The van der Waals surface area contributed by atoms with Gasteiger partial charge in [0.1, 0.15) is 11.3 Å². The highest BCUT2D eigenvalue weighted by Gasteiger charge is 2.23. The van der Waals surface area contributed by atoms with Crippen LogP contribution in [0.5, 0.6) is 5.75 Å². The average molecular weight is 414 g/mol. The number of amides is 1. The number of ether oxygens (including phenoxy) is 1. The SMILES string of the molecule is COc1ccc(S(=O)(=O)N(C)C)cc1NC(=O)c1cc(Cl)ccc1[N+](=O)[O-]. The van der Waals surface area contributed by atoms with Gasteiger partial charge in [-0.1, -0.05) is 11.6 Å². The van der Waals surface area contributed by atoms with Gasteiger partial charge in [0.2, 0.25) is 10.0 Å². The number of nitro benzene ring substituents is 1. The highest BCUT2D eigenvalue weighted by molar-refractivity contribution is 7.89. The maximum absolute atomic E-state index is 12.6. The van der Waals surface area contributed by atoms with Crippen LogP contribution >= 0.6 is 11.6 Å². The van der Waals surface area contributed by atoms with Gasteiger partial charge in [-0.15, -0.1) is 0 Å². The standard InChI is InChI=1S/C16H16ClN3O6S/c1-19(2)27(24,25)11-5-7-15(26-3)13(9-11)18-16(21)12-8-10(17)4-6-14(12)20(22)23/h4-9H,1-3H3,(H,18,21). The van der Waals surface area contributed by atoms with Crippen molar-refractivity contribution in [2.75, 3.05) is 26.5 Å². The van der Waals surface area contributed by atoms with Crippen molar-refractivity contribution in [1.29, 1.82) is 0 Å². The molecule has 0 atom stereocenters. The van der Waals surface area contributed by atoms with E-state index in [0.29, 0.717) is 0 Å². The summed E-state index contributed by atoms with van der Waals surface area (Å²) in [6.07, 6.45) is 0. The zero-order chi connectivity index (χ0) is 20.4. The number of nitrogens with one attached hydrogen (secondary N) is 1. The van der Waals surface area contributed by atoms with Crippen LogP contribution < -0.4 is 10.1 Å². The van der Waals surface area contributed by atoms with Gasteiger partial charge in [-0.25, -0.2) is 12.7 Å². The maximum Gasteiger partial charge on any atom is 0.282 e. The summed E-state index contributed by atoms with van der Waals surface area (Å²) in [6.45, 7) is 0. The van der Waals surface area contributed by atoms with Crippen LogP contribution in [-0.4, -0.2) is 44.8 Å². The Morgan fingerprint density at radius 2 is 1.89 bits per heavy atom. The number of halogens is 1. The quantitative estimate of drug-likeness (QED) is 0.574. The molecular formula is C16H16ClN3O6S. The number of nitro groups is 1. The van der Waals surface area contributed by atoms with Gasteiger partial charge in [0, 0.05) is 25.2 Å². The van der Waals surface area contributed by atoms with Gasteiger partial charge in [-0.2, -0.15) is 0 Å². The molecule has 0 fully saturated rings. The van der Waals surface area contributed by atoms with Crippen LogP contribution in [0.2, 0.25) is 5.02 Å². The van der Waals surface area contributed by atoms with Gasteiger partial charge in [0.15, 0.2) is 0 Å². The first kappa shape index (κ1) is 20.6. The second-order valence-corrected chi connectivity index (χ2v) is 8.11. The topological polar surface area (TPSA) is 119 Å². The summed E-state index contributed by atoms with van der Waals surface area (Å²) in [5, 5.41) is 13.7. The average Bonchev–Trinajstić information content (AvgIpc) is 2.61. The van der Waals surface area contributed by atoms with Crippen molar-refractivity contribution in [3.8, 4) is 5.75 Å². The van der Waals surface area contributed by atoms with Crippen molar-refractivity contribution >= 4 is 38.9 Å². The lowest BCUT2D eigenvalue weighted by Gasteiger charge is -2.15. The molecule has 144 valence electrons. The van der Waals surface area contributed by atoms with Crippen LogP contribution in [0.3, 0.4) is 0 Å². The van der Waals surface area contributed by atoms with Crippen molar-refractivity contribution < 1.29 is 22.9 Å². The molecule has 9 nitrogen and oxygen atoms in total. The summed E-state index contributed by atoms with van der Waals surface area (Å²) in [5.74, 6) is -0.646. The van der Waals surface area contributed by atoms with E-state index in [-0.39, 0.29) is 26.9 Å². The van der Waals surface area contributed by atoms with Gasteiger partial charge in [0.05, 0.1) is 22.6 Å². The summed E-state index contributed by atoms with van der Waals surface area (Å²) in [4.78, 5) is 22.9. The van der Waals surface area contributed by atoms with Gasteiger partial charge < -0.3 is 10.1 Å². The van der Waals surface area contributed by atoms with E-state index in [1.165, 1.54) is 45.5 Å². The third-order valence-electron chi connectivity index (χ3n) is 3.60. The van der Waals surface area contributed by atoms with Crippen molar-refractivity contribution in [3.05, 3.63) is 57.1 Å². The normalized spacial score (nSPS) is 11.3. The van der Waals surface area contributed by atoms with E-state index in [0.717, 1.165) is 16.4 Å². The Balaban J connectivity index is 2.49. The summed E-state index contributed by atoms with van der Waals surface area (Å²) in [7, 11) is 0.321. The minimum absolute atomic E-state index is 0.0414. The molecule has 2 rings (SSSR count). The second kappa shape index (κ2) is 7.91. The van der Waals surface area contributed by atoms with Crippen LogP contribution in [0.15, 0.2) is 41.3 Å². The number of methoxy groups -OCH3 is 1. The van der Waals surface area contributed by atoms with Crippen molar-refractivity contribution in [1.82, 2.24) is 4.31 Å². The number of nitrogens with zero attached hydrogens (tertiary/aromatic N) is 2. The number of carbonyl (C=O) groups excluding carboxylic acids is 1. The van der Waals surface area contributed by atoms with Gasteiger partial charge in [0.25, 0.3) is 11.6 Å². The van der Waals surface area contributed by atoms with Gasteiger partial charge >= 0.3 is 0 Å². The fraction of sp³-hybridized carbons (Fsp3) is 0.188. The molecule has 27 heavy (non-hydrogen) atoms. The monoisotopic (exact) mass is 413 g/mol. The number of rotatable bonds is 6. The van der Waals surface area contributed by atoms with E-state index in [9.17, 15) is 23.3 Å². The molecule has 0 unspecified atom stereocenters. The Morgan fingerprint density at radius 3 is 2.44 bits per heavy atom. The number of hydrogen-bond acceptors (Lipinski definition) is 6. The van der Waals surface area contributed by atoms with Crippen LogP contribution in [0.25, 0.3) is 0 Å². The molecule has 1 N–H and O–H groups in total. The Labute approximate surface area is 160 Å². The summed E-state index contributed by atoms with van der Waals surface area (Å²) >= 11 is 5.83. The number of carbonyl (C=O) groups is 1. The predicted octanol–water partition coefficient (Wildman–Crippen LogP) is 2.76. The molecule has 0 aromatic heterocycles. The lowest BCUT2D eigenvalue weighted by atomic mass is 10.1. The third-order valence-corrected chi connectivity index (χ3v) is 5.64. The Hall–Kier alpha value is -2.69. The molecule has 0 spiro atoms. The molecule has 0 radical (unpaired) electrons. The number of sulfonamides is 1. The van der Waals surface area contributed by atoms with Crippen LogP contribution in [-0.2, 0) is 10.0 Å².